The predicted molar refractivity (Wildman–Crippen MR) is 81.4 cm³/mol. The second-order valence-electron chi connectivity index (χ2n) is 4.62. The van der Waals surface area contributed by atoms with Crippen molar-refractivity contribution in [3.8, 4) is 11.5 Å². The Morgan fingerprint density at radius 3 is 2.70 bits per heavy atom. The van der Waals surface area contributed by atoms with E-state index >= 15 is 0 Å². The molecule has 2 aromatic rings. The van der Waals surface area contributed by atoms with Crippen molar-refractivity contribution in [3.63, 3.8) is 0 Å². The maximum Gasteiger partial charge on any atom is 0.120 e. The average molecular weight is 292 g/mol. The molecule has 1 atom stereocenters. The maximum atomic E-state index is 9.85. The molecule has 2 rings (SSSR count). The Balaban J connectivity index is 2.07. The first-order chi connectivity index (χ1) is 9.61. The molecule has 2 aromatic carbocycles. The summed E-state index contributed by atoms with van der Waals surface area (Å²) in [5.74, 6) is 0.981. The second kappa shape index (κ2) is 6.64. The highest BCUT2D eigenvalue weighted by atomic mass is 35.5. The van der Waals surface area contributed by atoms with Gasteiger partial charge in [0, 0.05) is 23.2 Å². The van der Waals surface area contributed by atoms with Crippen LogP contribution < -0.4 is 10.1 Å². The zero-order valence-electron chi connectivity index (χ0n) is 11.6. The standard InChI is InChI=1S/C16H18ClNO2/c1-11(14-5-3-4-6-15(14)17)18-10-12-9-13(20-2)7-8-16(12)19/h3-9,11,18-19H,10H2,1-2H3/t11-/m0/s1. The molecule has 2 N–H and O–H groups in total. The summed E-state index contributed by atoms with van der Waals surface area (Å²) in [6.45, 7) is 2.58. The van der Waals surface area contributed by atoms with Crippen molar-refractivity contribution < 1.29 is 9.84 Å². The summed E-state index contributed by atoms with van der Waals surface area (Å²) < 4.78 is 5.16. The summed E-state index contributed by atoms with van der Waals surface area (Å²) in [4.78, 5) is 0. The van der Waals surface area contributed by atoms with E-state index in [0.29, 0.717) is 6.54 Å². The van der Waals surface area contributed by atoms with Crippen molar-refractivity contribution in [2.75, 3.05) is 7.11 Å². The van der Waals surface area contributed by atoms with Crippen molar-refractivity contribution in [1.82, 2.24) is 5.32 Å². The molecule has 0 amide bonds. The van der Waals surface area contributed by atoms with Crippen molar-refractivity contribution in [2.45, 2.75) is 19.5 Å². The Hall–Kier alpha value is -1.71. The number of ether oxygens (including phenoxy) is 1. The van der Waals surface area contributed by atoms with Crippen LogP contribution in [0.2, 0.25) is 5.02 Å². The summed E-state index contributed by atoms with van der Waals surface area (Å²) >= 11 is 6.17. The van der Waals surface area contributed by atoms with Gasteiger partial charge in [0.1, 0.15) is 11.5 Å². The first-order valence-corrected chi connectivity index (χ1v) is 6.83. The van der Waals surface area contributed by atoms with Crippen LogP contribution in [0.15, 0.2) is 42.5 Å². The van der Waals surface area contributed by atoms with E-state index in [2.05, 4.69) is 5.32 Å². The van der Waals surface area contributed by atoms with Gasteiger partial charge < -0.3 is 15.2 Å². The van der Waals surface area contributed by atoms with Gasteiger partial charge in [-0.05, 0) is 36.8 Å². The van der Waals surface area contributed by atoms with Gasteiger partial charge in [0.05, 0.1) is 7.11 Å². The Morgan fingerprint density at radius 2 is 2.00 bits per heavy atom. The van der Waals surface area contributed by atoms with Crippen LogP contribution >= 0.6 is 11.6 Å². The Labute approximate surface area is 124 Å². The lowest BCUT2D eigenvalue weighted by atomic mass is 10.1. The van der Waals surface area contributed by atoms with Crippen LogP contribution in [0.3, 0.4) is 0 Å². The highest BCUT2D eigenvalue weighted by Crippen LogP contribution is 2.25. The smallest absolute Gasteiger partial charge is 0.120 e. The summed E-state index contributed by atoms with van der Waals surface area (Å²) in [6.07, 6.45) is 0. The molecule has 0 saturated heterocycles. The lowest BCUT2D eigenvalue weighted by Crippen LogP contribution is -2.18. The minimum absolute atomic E-state index is 0.0919. The third kappa shape index (κ3) is 3.44. The van der Waals surface area contributed by atoms with Gasteiger partial charge in [0.15, 0.2) is 0 Å². The highest BCUT2D eigenvalue weighted by Gasteiger charge is 2.10. The second-order valence-corrected chi connectivity index (χ2v) is 5.03. The van der Waals surface area contributed by atoms with Crippen LogP contribution in [-0.2, 0) is 6.54 Å². The lowest BCUT2D eigenvalue weighted by molar-refractivity contribution is 0.409. The molecule has 0 aliphatic heterocycles. The molecule has 0 aliphatic carbocycles. The molecule has 0 saturated carbocycles. The van der Waals surface area contributed by atoms with Crippen LogP contribution in [0.25, 0.3) is 0 Å². The molecule has 106 valence electrons. The number of nitrogens with one attached hydrogen (secondary N) is 1. The quantitative estimate of drug-likeness (QED) is 0.878. The first-order valence-electron chi connectivity index (χ1n) is 6.45. The number of hydrogen-bond acceptors (Lipinski definition) is 3. The topological polar surface area (TPSA) is 41.5 Å². The fraction of sp³-hybridized carbons (Fsp3) is 0.250. The third-order valence-electron chi connectivity index (χ3n) is 3.26. The van der Waals surface area contributed by atoms with Crippen LogP contribution in [0.1, 0.15) is 24.1 Å². The number of benzene rings is 2. The molecule has 0 aliphatic rings. The minimum Gasteiger partial charge on any atom is -0.508 e. The molecule has 0 radical (unpaired) electrons. The molecule has 0 unspecified atom stereocenters. The van der Waals surface area contributed by atoms with Gasteiger partial charge in [-0.1, -0.05) is 29.8 Å². The summed E-state index contributed by atoms with van der Waals surface area (Å²) in [5, 5.41) is 13.9. The zero-order chi connectivity index (χ0) is 14.5. The molecule has 0 spiro atoms. The van der Waals surface area contributed by atoms with E-state index in [1.807, 2.05) is 37.3 Å². The number of halogens is 1. The van der Waals surface area contributed by atoms with Gasteiger partial charge in [-0.15, -0.1) is 0 Å². The summed E-state index contributed by atoms with van der Waals surface area (Å²) in [6, 6.07) is 13.0. The first kappa shape index (κ1) is 14.7. The summed E-state index contributed by atoms with van der Waals surface area (Å²) in [7, 11) is 1.61. The highest BCUT2D eigenvalue weighted by molar-refractivity contribution is 6.31. The van der Waals surface area contributed by atoms with Gasteiger partial charge in [0.2, 0.25) is 0 Å². The van der Waals surface area contributed by atoms with Gasteiger partial charge in [-0.3, -0.25) is 0 Å². The van der Waals surface area contributed by atoms with Crippen LogP contribution in [0.4, 0.5) is 0 Å². The van der Waals surface area contributed by atoms with Crippen LogP contribution in [0.5, 0.6) is 11.5 Å². The van der Waals surface area contributed by atoms with Crippen molar-refractivity contribution in [3.05, 3.63) is 58.6 Å². The Morgan fingerprint density at radius 1 is 1.25 bits per heavy atom. The molecule has 4 heteroatoms. The SMILES string of the molecule is COc1ccc(O)c(CN[C@@H](C)c2ccccc2Cl)c1. The molecule has 0 bridgehead atoms. The Kier molecular flexibility index (Phi) is 4.88. The number of aromatic hydroxyl groups is 1. The normalized spacial score (nSPS) is 12.2. The lowest BCUT2D eigenvalue weighted by Gasteiger charge is -2.16. The molecular formula is C16H18ClNO2. The molecule has 3 nitrogen and oxygen atoms in total. The molecule has 0 aromatic heterocycles. The minimum atomic E-state index is 0.0919. The average Bonchev–Trinajstić information content (AvgIpc) is 2.46. The fourth-order valence-corrected chi connectivity index (χ4v) is 2.33. The van der Waals surface area contributed by atoms with Gasteiger partial charge in [-0.25, -0.2) is 0 Å². The Bertz CT molecular complexity index is 586. The van der Waals surface area contributed by atoms with Crippen molar-refractivity contribution in [2.24, 2.45) is 0 Å². The largest absolute Gasteiger partial charge is 0.508 e. The van der Waals surface area contributed by atoms with Crippen molar-refractivity contribution >= 4 is 11.6 Å². The number of phenolic OH excluding ortho intramolecular Hbond substituents is 1. The third-order valence-corrected chi connectivity index (χ3v) is 3.60. The predicted octanol–water partition coefficient (Wildman–Crippen LogP) is 3.91. The number of hydrogen-bond donors (Lipinski definition) is 2. The zero-order valence-corrected chi connectivity index (χ0v) is 12.3. The monoisotopic (exact) mass is 291 g/mol. The number of rotatable bonds is 5. The number of methoxy groups -OCH3 is 1. The molecule has 20 heavy (non-hydrogen) atoms. The maximum absolute atomic E-state index is 9.85. The van der Waals surface area contributed by atoms with E-state index in [-0.39, 0.29) is 11.8 Å². The van der Waals surface area contributed by atoms with Crippen molar-refractivity contribution in [1.29, 1.82) is 0 Å². The van der Waals surface area contributed by atoms with Gasteiger partial charge in [-0.2, -0.15) is 0 Å². The van der Waals surface area contributed by atoms with Crippen LogP contribution in [0, 0.1) is 0 Å². The molecule has 0 heterocycles. The van der Waals surface area contributed by atoms with E-state index in [1.165, 1.54) is 0 Å². The van der Waals surface area contributed by atoms with E-state index in [4.69, 9.17) is 16.3 Å². The van der Waals surface area contributed by atoms with Gasteiger partial charge in [0.25, 0.3) is 0 Å². The van der Waals surface area contributed by atoms with Gasteiger partial charge >= 0.3 is 0 Å². The number of phenols is 1. The van der Waals surface area contributed by atoms with E-state index in [0.717, 1.165) is 21.9 Å². The van der Waals surface area contributed by atoms with Crippen LogP contribution in [-0.4, -0.2) is 12.2 Å². The summed E-state index contributed by atoms with van der Waals surface area (Å²) in [5.41, 5.74) is 1.83. The molecule has 0 fully saturated rings. The van der Waals surface area contributed by atoms with E-state index < -0.39 is 0 Å². The van der Waals surface area contributed by atoms with E-state index in [9.17, 15) is 5.11 Å². The fourth-order valence-electron chi connectivity index (χ4n) is 2.03. The van der Waals surface area contributed by atoms with E-state index in [1.54, 1.807) is 19.2 Å². The molecular weight excluding hydrogens is 274 g/mol.